The Kier molecular flexibility index (Phi) is 10.5. The third-order valence-electron chi connectivity index (χ3n) is 4.03. The maximum atomic E-state index is 5.34. The van der Waals surface area contributed by atoms with Crippen molar-refractivity contribution in [1.29, 1.82) is 0 Å². The Hall–Kier alpha value is -1.55. The van der Waals surface area contributed by atoms with E-state index >= 15 is 0 Å². The summed E-state index contributed by atoms with van der Waals surface area (Å²) in [6.07, 6.45) is 1.88. The number of aryl methyl sites for hydroxylation is 2. The summed E-state index contributed by atoms with van der Waals surface area (Å²) in [5.74, 6) is 2.22. The zero-order valence-corrected chi connectivity index (χ0v) is 19.7. The molecule has 0 saturated carbocycles. The summed E-state index contributed by atoms with van der Waals surface area (Å²) in [6.45, 7) is 5.72. The smallest absolute Gasteiger partial charge is 0.191 e. The Bertz CT molecular complexity index is 749. The van der Waals surface area contributed by atoms with Crippen LogP contribution in [0.15, 0.2) is 23.2 Å². The second-order valence-electron chi connectivity index (χ2n) is 5.76. The first-order chi connectivity index (χ1) is 12.6. The van der Waals surface area contributed by atoms with Crippen molar-refractivity contribution in [3.8, 4) is 11.5 Å². The summed E-state index contributed by atoms with van der Waals surface area (Å²) in [7, 11) is 5.04. The molecule has 0 bridgehead atoms. The number of guanidine groups is 1. The molecule has 1 heterocycles. The van der Waals surface area contributed by atoms with E-state index in [4.69, 9.17) is 9.47 Å². The normalized spacial score (nSPS) is 10.9. The zero-order chi connectivity index (χ0) is 18.9. The highest BCUT2D eigenvalue weighted by Crippen LogP contribution is 2.27. The number of ether oxygens (including phenoxy) is 2. The van der Waals surface area contributed by atoms with Gasteiger partial charge < -0.3 is 20.1 Å². The van der Waals surface area contributed by atoms with Crippen molar-refractivity contribution in [3.05, 3.63) is 39.3 Å². The van der Waals surface area contributed by atoms with Crippen LogP contribution in [-0.2, 0) is 19.4 Å². The quantitative estimate of drug-likeness (QED) is 0.327. The van der Waals surface area contributed by atoms with Crippen LogP contribution in [0.4, 0.5) is 0 Å². The van der Waals surface area contributed by atoms with E-state index in [9.17, 15) is 0 Å². The van der Waals surface area contributed by atoms with E-state index in [2.05, 4.69) is 34.5 Å². The average Bonchev–Trinajstić information content (AvgIpc) is 3.03. The van der Waals surface area contributed by atoms with Gasteiger partial charge in [-0.1, -0.05) is 13.0 Å². The number of aromatic nitrogens is 1. The minimum atomic E-state index is 0. The van der Waals surface area contributed by atoms with E-state index in [0.717, 1.165) is 42.4 Å². The molecule has 2 N–H and O–H groups in total. The summed E-state index contributed by atoms with van der Waals surface area (Å²) < 4.78 is 10.6. The average molecular weight is 504 g/mol. The van der Waals surface area contributed by atoms with Crippen molar-refractivity contribution >= 4 is 41.3 Å². The van der Waals surface area contributed by atoms with Gasteiger partial charge in [-0.3, -0.25) is 4.99 Å². The van der Waals surface area contributed by atoms with E-state index in [-0.39, 0.29) is 24.0 Å². The van der Waals surface area contributed by atoms with Gasteiger partial charge in [0.05, 0.1) is 24.9 Å². The molecule has 6 nitrogen and oxygen atoms in total. The van der Waals surface area contributed by atoms with E-state index in [1.54, 1.807) is 32.6 Å². The second-order valence-corrected chi connectivity index (χ2v) is 7.04. The minimum absolute atomic E-state index is 0. The molecule has 0 amide bonds. The van der Waals surface area contributed by atoms with Crippen molar-refractivity contribution in [2.45, 2.75) is 33.2 Å². The maximum absolute atomic E-state index is 5.34. The standard InChI is InChI=1S/C19H28N4O2S.HI/c1-6-15-13(2)26-18(23-15)9-10-21-19(20-3)22-12-14-7-8-16(24-4)17(11-14)25-5;/h7-8,11H,6,9-10,12H2,1-5H3,(H2,20,21,22);1H. The Morgan fingerprint density at radius 3 is 2.52 bits per heavy atom. The van der Waals surface area contributed by atoms with Crippen LogP contribution in [0.1, 0.15) is 28.1 Å². The predicted octanol–water partition coefficient (Wildman–Crippen LogP) is 3.56. The third kappa shape index (κ3) is 6.84. The Morgan fingerprint density at radius 2 is 1.93 bits per heavy atom. The lowest BCUT2D eigenvalue weighted by atomic mass is 10.2. The third-order valence-corrected chi connectivity index (χ3v) is 5.11. The first-order valence-corrected chi connectivity index (χ1v) is 9.53. The van der Waals surface area contributed by atoms with Gasteiger partial charge in [0.1, 0.15) is 0 Å². The molecule has 1 aromatic heterocycles. The fourth-order valence-corrected chi connectivity index (χ4v) is 3.63. The van der Waals surface area contributed by atoms with E-state index in [1.807, 2.05) is 18.2 Å². The van der Waals surface area contributed by atoms with Gasteiger partial charge in [-0.2, -0.15) is 0 Å². The molecule has 0 aliphatic rings. The number of aliphatic imine (C=N–C) groups is 1. The molecule has 0 spiro atoms. The number of halogens is 1. The van der Waals surface area contributed by atoms with Crippen molar-refractivity contribution in [1.82, 2.24) is 15.6 Å². The second kappa shape index (κ2) is 12.0. The lowest BCUT2D eigenvalue weighted by Gasteiger charge is -2.13. The van der Waals surface area contributed by atoms with Crippen molar-refractivity contribution < 1.29 is 9.47 Å². The van der Waals surface area contributed by atoms with Gasteiger partial charge in [0.15, 0.2) is 17.5 Å². The van der Waals surface area contributed by atoms with E-state index < -0.39 is 0 Å². The molecule has 0 unspecified atom stereocenters. The summed E-state index contributed by atoms with van der Waals surface area (Å²) in [6, 6.07) is 5.87. The molecule has 0 radical (unpaired) electrons. The Balaban J connectivity index is 0.00000364. The molecule has 2 aromatic rings. The van der Waals surface area contributed by atoms with Gasteiger partial charge in [-0.05, 0) is 31.0 Å². The number of hydrogen-bond acceptors (Lipinski definition) is 5. The Morgan fingerprint density at radius 1 is 1.19 bits per heavy atom. The topological polar surface area (TPSA) is 67.8 Å². The first kappa shape index (κ1) is 23.5. The fraction of sp³-hybridized carbons (Fsp3) is 0.474. The van der Waals surface area contributed by atoms with Crippen molar-refractivity contribution in [2.24, 2.45) is 4.99 Å². The van der Waals surface area contributed by atoms with Crippen LogP contribution in [0.2, 0.25) is 0 Å². The van der Waals surface area contributed by atoms with Gasteiger partial charge in [-0.25, -0.2) is 4.98 Å². The molecule has 2 rings (SSSR count). The summed E-state index contributed by atoms with van der Waals surface area (Å²) in [5.41, 5.74) is 2.30. The highest BCUT2D eigenvalue weighted by atomic mass is 127. The molecule has 8 heteroatoms. The van der Waals surface area contributed by atoms with Crippen LogP contribution >= 0.6 is 35.3 Å². The molecule has 0 fully saturated rings. The highest BCUT2D eigenvalue weighted by Gasteiger charge is 2.07. The number of thiazole rings is 1. The number of hydrogen-bond donors (Lipinski definition) is 2. The number of nitrogens with zero attached hydrogens (tertiary/aromatic N) is 2. The lowest BCUT2D eigenvalue weighted by molar-refractivity contribution is 0.354. The number of methoxy groups -OCH3 is 2. The van der Waals surface area contributed by atoms with Crippen LogP contribution in [0.25, 0.3) is 0 Å². The first-order valence-electron chi connectivity index (χ1n) is 8.71. The van der Waals surface area contributed by atoms with Gasteiger partial charge in [0.2, 0.25) is 0 Å². The number of benzene rings is 1. The van der Waals surface area contributed by atoms with Gasteiger partial charge >= 0.3 is 0 Å². The monoisotopic (exact) mass is 504 g/mol. The molecule has 1 aromatic carbocycles. The van der Waals surface area contributed by atoms with Gasteiger partial charge in [-0.15, -0.1) is 35.3 Å². The molecule has 0 aliphatic carbocycles. The molecule has 0 saturated heterocycles. The number of rotatable bonds is 8. The van der Waals surface area contributed by atoms with Crippen molar-refractivity contribution in [2.75, 3.05) is 27.8 Å². The maximum Gasteiger partial charge on any atom is 0.191 e. The van der Waals surface area contributed by atoms with E-state index in [1.165, 1.54) is 15.6 Å². The molecule has 0 atom stereocenters. The fourth-order valence-electron chi connectivity index (χ4n) is 2.61. The molecular weight excluding hydrogens is 475 g/mol. The predicted molar refractivity (Wildman–Crippen MR) is 123 cm³/mol. The van der Waals surface area contributed by atoms with Crippen LogP contribution in [0.3, 0.4) is 0 Å². The van der Waals surface area contributed by atoms with Crippen molar-refractivity contribution in [3.63, 3.8) is 0 Å². The molecule has 27 heavy (non-hydrogen) atoms. The van der Waals surface area contributed by atoms with E-state index in [0.29, 0.717) is 6.54 Å². The SMILES string of the molecule is CCc1nc(CCNC(=NC)NCc2ccc(OC)c(OC)c2)sc1C.I. The minimum Gasteiger partial charge on any atom is -0.493 e. The molecule has 150 valence electrons. The van der Waals surface area contributed by atoms with Crippen LogP contribution in [0, 0.1) is 6.92 Å². The highest BCUT2D eigenvalue weighted by molar-refractivity contribution is 14.0. The Labute approximate surface area is 182 Å². The largest absolute Gasteiger partial charge is 0.493 e. The molecular formula is C19H29IN4O2S. The van der Waals surface area contributed by atoms with Crippen LogP contribution in [0.5, 0.6) is 11.5 Å². The zero-order valence-electron chi connectivity index (χ0n) is 16.6. The summed E-state index contributed by atoms with van der Waals surface area (Å²) in [5, 5.41) is 7.82. The van der Waals surface area contributed by atoms with Gasteiger partial charge in [0.25, 0.3) is 0 Å². The summed E-state index contributed by atoms with van der Waals surface area (Å²) >= 11 is 1.78. The molecule has 0 aliphatic heterocycles. The number of nitrogens with one attached hydrogen (secondary N) is 2. The van der Waals surface area contributed by atoms with Gasteiger partial charge in [0, 0.05) is 31.4 Å². The lowest BCUT2D eigenvalue weighted by Crippen LogP contribution is -2.37. The van der Waals surface area contributed by atoms with Crippen LogP contribution < -0.4 is 20.1 Å². The summed E-state index contributed by atoms with van der Waals surface area (Å²) in [4.78, 5) is 10.3. The van der Waals surface area contributed by atoms with Crippen LogP contribution in [-0.4, -0.2) is 38.8 Å².